The third-order valence-corrected chi connectivity index (χ3v) is 5.02. The topological polar surface area (TPSA) is 106 Å². The first-order valence-electron chi connectivity index (χ1n) is 6.86. The zero-order valence-corrected chi connectivity index (χ0v) is 16.2. The molecule has 6 nitrogen and oxygen atoms in total. The van der Waals surface area contributed by atoms with Crippen LogP contribution in [0.25, 0.3) is 0 Å². The number of rotatable bonds is 5. The van der Waals surface area contributed by atoms with E-state index < -0.39 is 20.8 Å². The Morgan fingerprint density at radius 1 is 1.00 bits per heavy atom. The van der Waals surface area contributed by atoms with Gasteiger partial charge in [0.15, 0.2) is 0 Å². The third kappa shape index (κ3) is 7.42. The van der Waals surface area contributed by atoms with Crippen LogP contribution in [0.15, 0.2) is 24.3 Å². The fourth-order valence-electron chi connectivity index (χ4n) is 1.53. The van der Waals surface area contributed by atoms with E-state index in [1.807, 2.05) is 19.2 Å². The Morgan fingerprint density at radius 2 is 1.33 bits per heavy atom. The van der Waals surface area contributed by atoms with E-state index >= 15 is 0 Å². The van der Waals surface area contributed by atoms with Crippen molar-refractivity contribution in [3.63, 3.8) is 0 Å². The molecule has 0 aliphatic carbocycles. The molecule has 1 aromatic rings. The number of primary amides is 1. The summed E-state index contributed by atoms with van der Waals surface area (Å²) in [5.74, 6) is -0.375. The Balaban J connectivity index is 0.000000441. The summed E-state index contributed by atoms with van der Waals surface area (Å²) in [6.45, 7) is 3.72. The lowest BCUT2D eigenvalue weighted by molar-refractivity contribution is -0.122. The predicted octanol–water partition coefficient (Wildman–Crippen LogP) is 3.58. The number of hydrogen-bond donors (Lipinski definition) is 2. The van der Waals surface area contributed by atoms with Crippen molar-refractivity contribution in [3.8, 4) is 0 Å². The second-order valence-corrected chi connectivity index (χ2v) is 6.82. The molecule has 0 aromatic heterocycles. The zero-order valence-electron chi connectivity index (χ0n) is 13.1. The maximum absolute atomic E-state index is 11.3. The molecule has 0 aliphatic heterocycles. The van der Waals surface area contributed by atoms with Crippen LogP contribution in [0.3, 0.4) is 0 Å². The molecule has 1 aromatic carbocycles. The molecule has 0 bridgehead atoms. The van der Waals surface area contributed by atoms with Crippen LogP contribution in [0.4, 0.5) is 4.79 Å². The first-order chi connectivity index (χ1) is 11.1. The summed E-state index contributed by atoms with van der Waals surface area (Å²) < 4.78 is -0.665. The minimum absolute atomic E-state index is 0.346. The van der Waals surface area contributed by atoms with Gasteiger partial charge < -0.3 is 5.73 Å². The molecule has 0 fully saturated rings. The predicted molar refractivity (Wildman–Crippen MR) is 96.8 cm³/mol. The second-order valence-electron chi connectivity index (χ2n) is 4.62. The van der Waals surface area contributed by atoms with Crippen LogP contribution in [0.1, 0.15) is 47.4 Å². The van der Waals surface area contributed by atoms with E-state index in [4.69, 9.17) is 28.9 Å². The summed E-state index contributed by atoms with van der Waals surface area (Å²) in [6.07, 6.45) is 1.23. The van der Waals surface area contributed by atoms with Crippen molar-refractivity contribution < 1.29 is 19.2 Å². The van der Waals surface area contributed by atoms with Crippen molar-refractivity contribution in [3.05, 3.63) is 35.4 Å². The van der Waals surface area contributed by atoms with E-state index in [9.17, 15) is 19.2 Å². The Hall–Kier alpha value is -1.44. The number of amides is 3. The summed E-state index contributed by atoms with van der Waals surface area (Å²) >= 11 is 13.6. The third-order valence-electron chi connectivity index (χ3n) is 3.10. The standard InChI is InChI=1S/C8H4Cl2O2.C7H13BrN2O2/c9-7(11)5-1-2-6(4-3-5)8(10)12;1-3-7(8,4-2)5(11)10-6(9)12/h1-4H;3-4H2,1-2H3,(H3,9,10,11,12). The highest BCUT2D eigenvalue weighted by Crippen LogP contribution is 2.26. The number of nitrogens with one attached hydrogen (secondary N) is 1. The number of halogens is 3. The highest BCUT2D eigenvalue weighted by molar-refractivity contribution is 9.10. The minimum atomic E-state index is -0.814. The maximum atomic E-state index is 11.3. The van der Waals surface area contributed by atoms with Crippen molar-refractivity contribution in [2.75, 3.05) is 0 Å². The molecule has 9 heteroatoms. The van der Waals surface area contributed by atoms with Gasteiger partial charge in [0.1, 0.15) is 4.32 Å². The average Bonchev–Trinajstić information content (AvgIpc) is 2.54. The van der Waals surface area contributed by atoms with Gasteiger partial charge in [0.25, 0.3) is 10.5 Å². The molecule has 0 saturated heterocycles. The summed E-state index contributed by atoms with van der Waals surface area (Å²) in [6, 6.07) is 4.98. The summed E-state index contributed by atoms with van der Waals surface area (Å²) in [4.78, 5) is 42.8. The second kappa shape index (κ2) is 10.4. The molecule has 0 heterocycles. The van der Waals surface area contributed by atoms with Gasteiger partial charge in [-0.2, -0.15) is 0 Å². The quantitative estimate of drug-likeness (QED) is 0.539. The molecular weight excluding hydrogens is 423 g/mol. The number of alkyl halides is 1. The molecule has 0 unspecified atom stereocenters. The lowest BCUT2D eigenvalue weighted by Crippen LogP contribution is -2.46. The lowest BCUT2D eigenvalue weighted by atomic mass is 10.0. The molecule has 0 spiro atoms. The number of carbonyl (C=O) groups is 4. The number of hydrogen-bond acceptors (Lipinski definition) is 4. The number of urea groups is 1. The van der Waals surface area contributed by atoms with E-state index in [0.717, 1.165) is 0 Å². The molecule has 3 N–H and O–H groups in total. The molecular formula is C15H17BrCl2N2O4. The van der Waals surface area contributed by atoms with E-state index in [1.54, 1.807) is 0 Å². The first-order valence-corrected chi connectivity index (χ1v) is 8.41. The van der Waals surface area contributed by atoms with Crippen molar-refractivity contribution in [2.24, 2.45) is 5.73 Å². The van der Waals surface area contributed by atoms with Crippen LogP contribution >= 0.6 is 39.1 Å². The monoisotopic (exact) mass is 438 g/mol. The minimum Gasteiger partial charge on any atom is -0.351 e. The Labute approximate surface area is 158 Å². The van der Waals surface area contributed by atoms with Crippen molar-refractivity contribution in [1.29, 1.82) is 0 Å². The molecule has 132 valence electrons. The summed E-state index contributed by atoms with van der Waals surface area (Å²) in [5.41, 5.74) is 5.50. The van der Waals surface area contributed by atoms with Gasteiger partial charge >= 0.3 is 6.03 Å². The SMILES string of the molecule is CCC(Br)(CC)C(=O)NC(N)=O.O=C(Cl)c1ccc(C(=O)Cl)cc1. The molecule has 3 amide bonds. The number of carbonyl (C=O) groups excluding carboxylic acids is 4. The van der Waals surface area contributed by atoms with Gasteiger partial charge in [-0.1, -0.05) is 29.8 Å². The highest BCUT2D eigenvalue weighted by atomic mass is 79.9. The fraction of sp³-hybridized carbons (Fsp3) is 0.333. The van der Waals surface area contributed by atoms with Gasteiger partial charge in [0.05, 0.1) is 0 Å². The molecule has 0 saturated carbocycles. The molecule has 0 aliphatic rings. The fourth-order valence-corrected chi connectivity index (χ4v) is 1.88. The molecule has 1 rings (SSSR count). The first kappa shape index (κ1) is 22.6. The Bertz CT molecular complexity index is 583. The van der Waals surface area contributed by atoms with Gasteiger partial charge in [-0.25, -0.2) is 4.79 Å². The van der Waals surface area contributed by atoms with Crippen LogP contribution < -0.4 is 11.1 Å². The molecule has 0 radical (unpaired) electrons. The number of nitrogens with two attached hydrogens (primary N) is 1. The van der Waals surface area contributed by atoms with E-state index in [-0.39, 0.29) is 5.91 Å². The van der Waals surface area contributed by atoms with Gasteiger partial charge in [0.2, 0.25) is 5.91 Å². The van der Waals surface area contributed by atoms with Crippen LogP contribution in [0.5, 0.6) is 0 Å². The molecule has 0 atom stereocenters. The van der Waals surface area contributed by atoms with Crippen molar-refractivity contribution in [1.82, 2.24) is 5.32 Å². The number of benzene rings is 1. The van der Waals surface area contributed by atoms with Crippen LogP contribution in [-0.2, 0) is 4.79 Å². The van der Waals surface area contributed by atoms with Gasteiger partial charge in [-0.15, -0.1) is 0 Å². The van der Waals surface area contributed by atoms with Crippen molar-refractivity contribution in [2.45, 2.75) is 31.0 Å². The summed E-state index contributed by atoms with van der Waals surface area (Å²) in [7, 11) is 0. The van der Waals surface area contributed by atoms with E-state index in [2.05, 4.69) is 15.9 Å². The Morgan fingerprint density at radius 3 is 1.54 bits per heavy atom. The highest BCUT2D eigenvalue weighted by Gasteiger charge is 2.32. The van der Waals surface area contributed by atoms with Crippen LogP contribution in [-0.4, -0.2) is 26.7 Å². The van der Waals surface area contributed by atoms with Crippen molar-refractivity contribution >= 4 is 61.6 Å². The number of imide groups is 1. The van der Waals surface area contributed by atoms with Crippen LogP contribution in [0, 0.1) is 0 Å². The maximum Gasteiger partial charge on any atom is 0.318 e. The Kier molecular flexibility index (Phi) is 9.80. The average molecular weight is 440 g/mol. The smallest absolute Gasteiger partial charge is 0.318 e. The van der Waals surface area contributed by atoms with Gasteiger partial charge in [-0.05, 0) is 60.3 Å². The zero-order chi connectivity index (χ0) is 18.9. The van der Waals surface area contributed by atoms with Gasteiger partial charge in [0, 0.05) is 11.1 Å². The largest absolute Gasteiger partial charge is 0.351 e. The van der Waals surface area contributed by atoms with Crippen LogP contribution in [0.2, 0.25) is 0 Å². The van der Waals surface area contributed by atoms with E-state index in [0.29, 0.717) is 24.0 Å². The normalized spacial score (nSPS) is 10.2. The van der Waals surface area contributed by atoms with E-state index in [1.165, 1.54) is 24.3 Å². The lowest BCUT2D eigenvalue weighted by Gasteiger charge is -2.21. The van der Waals surface area contributed by atoms with Gasteiger partial charge in [-0.3, -0.25) is 19.7 Å². The molecule has 24 heavy (non-hydrogen) atoms. The summed E-state index contributed by atoms with van der Waals surface area (Å²) in [5, 5.41) is 0.934.